The lowest BCUT2D eigenvalue weighted by Crippen LogP contribution is -2.07. The fourth-order valence-electron chi connectivity index (χ4n) is 3.00. The van der Waals surface area contributed by atoms with Gasteiger partial charge in [-0.3, -0.25) is 9.52 Å². The van der Waals surface area contributed by atoms with Crippen LogP contribution in [0.4, 0.5) is 23.0 Å². The highest BCUT2D eigenvalue weighted by Crippen LogP contribution is 2.33. The Kier molecular flexibility index (Phi) is 5.65. The van der Waals surface area contributed by atoms with Crippen molar-refractivity contribution in [2.75, 3.05) is 22.5 Å². The Morgan fingerprint density at radius 3 is 2.84 bits per heavy atom. The van der Waals surface area contributed by atoms with Gasteiger partial charge in [0, 0.05) is 17.4 Å². The Hall–Kier alpha value is -4.12. The van der Waals surface area contributed by atoms with Crippen molar-refractivity contribution in [3.05, 3.63) is 66.9 Å². The van der Waals surface area contributed by atoms with Gasteiger partial charge in [0.2, 0.25) is 21.9 Å². The molecule has 10 nitrogen and oxygen atoms in total. The summed E-state index contributed by atoms with van der Waals surface area (Å²) in [5, 5.41) is 5.69. The monoisotopic (exact) mass is 453 g/mol. The molecule has 3 aromatic rings. The molecule has 164 valence electrons. The highest BCUT2D eigenvalue weighted by atomic mass is 32.2. The molecule has 1 amide bonds. The Labute approximate surface area is 184 Å². The fourth-order valence-corrected chi connectivity index (χ4v) is 4.25. The van der Waals surface area contributed by atoms with Crippen molar-refractivity contribution in [2.45, 2.75) is 5.75 Å². The molecule has 2 aromatic carbocycles. The molecule has 11 heteroatoms. The molecule has 1 aromatic heterocycles. The zero-order valence-corrected chi connectivity index (χ0v) is 17.8. The number of aromatic nitrogens is 2. The molecule has 0 atom stereocenters. The number of sulfonamides is 1. The molecule has 0 aliphatic carbocycles. The Bertz CT molecular complexity index is 1310. The number of anilines is 4. The van der Waals surface area contributed by atoms with Gasteiger partial charge in [-0.25, -0.2) is 13.4 Å². The van der Waals surface area contributed by atoms with Crippen LogP contribution in [0.15, 0.2) is 61.3 Å². The number of carbonyl (C=O) groups excluding carboxylic acids is 1. The number of amides is 1. The van der Waals surface area contributed by atoms with Gasteiger partial charge in [0.25, 0.3) is 5.88 Å². The normalized spacial score (nSPS) is 13.4. The second-order valence-electron chi connectivity index (χ2n) is 6.75. The highest BCUT2D eigenvalue weighted by molar-refractivity contribution is 7.92. The summed E-state index contributed by atoms with van der Waals surface area (Å²) >= 11 is 0. The molecular weight excluding hydrogens is 434 g/mol. The lowest BCUT2D eigenvalue weighted by atomic mass is 10.2. The molecule has 4 rings (SSSR count). The third-order valence-electron chi connectivity index (χ3n) is 4.42. The first kappa shape index (κ1) is 21.1. The number of benzene rings is 2. The van der Waals surface area contributed by atoms with Crippen molar-refractivity contribution in [1.29, 1.82) is 0 Å². The number of methoxy groups -OCH3 is 1. The minimum atomic E-state index is -3.34. The molecular formula is C21H19N5O5S. The smallest absolute Gasteiger partial charge is 0.267 e. The van der Waals surface area contributed by atoms with Gasteiger partial charge in [0.05, 0.1) is 24.7 Å². The van der Waals surface area contributed by atoms with Crippen LogP contribution in [-0.2, 0) is 20.6 Å². The summed E-state index contributed by atoms with van der Waals surface area (Å²) in [6.45, 7) is 3.42. The Morgan fingerprint density at radius 2 is 2.06 bits per heavy atom. The van der Waals surface area contributed by atoms with E-state index < -0.39 is 10.0 Å². The standard InChI is InChI=1S/C21H19N5O5S/c1-3-19(27)23-14-5-4-6-16(10-14)31-20-18(30-2)11-22-21(25-20)24-15-7-8-17-13(9-15)12-32(28,29)26-17/h3-11,26H,1,12H2,2H3,(H,23,27)(H,22,24,25). The van der Waals surface area contributed by atoms with Gasteiger partial charge in [0.1, 0.15) is 5.75 Å². The fraction of sp³-hybridized carbons (Fsp3) is 0.0952. The second-order valence-corrected chi connectivity index (χ2v) is 8.47. The summed E-state index contributed by atoms with van der Waals surface area (Å²) in [6, 6.07) is 11.9. The van der Waals surface area contributed by atoms with Gasteiger partial charge >= 0.3 is 0 Å². The average molecular weight is 453 g/mol. The van der Waals surface area contributed by atoms with Crippen LogP contribution in [0, 0.1) is 0 Å². The Balaban J connectivity index is 1.56. The molecule has 32 heavy (non-hydrogen) atoms. The molecule has 1 aliphatic heterocycles. The van der Waals surface area contributed by atoms with Crippen molar-refractivity contribution in [3.63, 3.8) is 0 Å². The summed E-state index contributed by atoms with van der Waals surface area (Å²) < 4.78 is 37.1. The molecule has 0 unspecified atom stereocenters. The molecule has 0 fully saturated rings. The van der Waals surface area contributed by atoms with E-state index in [1.165, 1.54) is 19.4 Å². The SMILES string of the molecule is C=CC(=O)Nc1cccc(Oc2nc(Nc3ccc4c(c3)CS(=O)(=O)N4)ncc2OC)c1. The predicted molar refractivity (Wildman–Crippen MR) is 120 cm³/mol. The highest BCUT2D eigenvalue weighted by Gasteiger charge is 2.23. The van der Waals surface area contributed by atoms with Crippen LogP contribution < -0.4 is 24.8 Å². The molecule has 0 bridgehead atoms. The van der Waals surface area contributed by atoms with E-state index >= 15 is 0 Å². The van der Waals surface area contributed by atoms with Crippen LogP contribution in [0.3, 0.4) is 0 Å². The number of ether oxygens (including phenoxy) is 2. The number of carbonyl (C=O) groups is 1. The van der Waals surface area contributed by atoms with Gasteiger partial charge < -0.3 is 20.1 Å². The molecule has 0 spiro atoms. The summed E-state index contributed by atoms with van der Waals surface area (Å²) in [6.07, 6.45) is 2.62. The number of nitrogens with one attached hydrogen (secondary N) is 3. The van der Waals surface area contributed by atoms with E-state index in [-0.39, 0.29) is 23.5 Å². The van der Waals surface area contributed by atoms with Crippen LogP contribution in [-0.4, -0.2) is 31.4 Å². The van der Waals surface area contributed by atoms with E-state index in [2.05, 4.69) is 31.9 Å². The number of rotatable bonds is 7. The largest absolute Gasteiger partial charge is 0.490 e. The van der Waals surface area contributed by atoms with E-state index in [4.69, 9.17) is 9.47 Å². The van der Waals surface area contributed by atoms with Crippen LogP contribution in [0.5, 0.6) is 17.4 Å². The first-order valence-corrected chi connectivity index (χ1v) is 11.0. The van der Waals surface area contributed by atoms with Crippen molar-refractivity contribution in [2.24, 2.45) is 0 Å². The first-order chi connectivity index (χ1) is 15.3. The number of hydrogen-bond acceptors (Lipinski definition) is 8. The summed E-state index contributed by atoms with van der Waals surface area (Å²) in [5.41, 5.74) is 2.35. The van der Waals surface area contributed by atoms with E-state index in [0.29, 0.717) is 34.1 Å². The van der Waals surface area contributed by atoms with Crippen molar-refractivity contribution < 1.29 is 22.7 Å². The summed E-state index contributed by atoms with van der Waals surface area (Å²) in [5.74, 6) is 0.678. The van der Waals surface area contributed by atoms with Crippen molar-refractivity contribution >= 4 is 38.9 Å². The molecule has 0 saturated heterocycles. The van der Waals surface area contributed by atoms with E-state index in [1.54, 1.807) is 42.5 Å². The van der Waals surface area contributed by atoms with Gasteiger partial charge in [-0.05, 0) is 42.0 Å². The quantitative estimate of drug-likeness (QED) is 0.464. The minimum absolute atomic E-state index is 0.0889. The number of fused-ring (bicyclic) bond motifs is 1. The molecule has 1 aliphatic rings. The van der Waals surface area contributed by atoms with Gasteiger partial charge in [-0.1, -0.05) is 12.6 Å². The maximum absolute atomic E-state index is 11.7. The van der Waals surface area contributed by atoms with Crippen LogP contribution >= 0.6 is 0 Å². The van der Waals surface area contributed by atoms with Crippen LogP contribution in [0.2, 0.25) is 0 Å². The topological polar surface area (TPSA) is 132 Å². The lowest BCUT2D eigenvalue weighted by Gasteiger charge is -2.12. The van der Waals surface area contributed by atoms with Crippen LogP contribution in [0.1, 0.15) is 5.56 Å². The van der Waals surface area contributed by atoms with E-state index in [9.17, 15) is 13.2 Å². The maximum atomic E-state index is 11.7. The first-order valence-electron chi connectivity index (χ1n) is 9.38. The van der Waals surface area contributed by atoms with Gasteiger partial charge in [-0.2, -0.15) is 4.98 Å². The Morgan fingerprint density at radius 1 is 1.22 bits per heavy atom. The molecule has 0 saturated carbocycles. The molecule has 0 radical (unpaired) electrons. The number of hydrogen-bond donors (Lipinski definition) is 3. The zero-order chi connectivity index (χ0) is 22.7. The predicted octanol–water partition coefficient (Wildman–Crippen LogP) is 3.40. The van der Waals surface area contributed by atoms with Crippen LogP contribution in [0.25, 0.3) is 0 Å². The summed E-state index contributed by atoms with van der Waals surface area (Å²) in [4.78, 5) is 20.1. The number of nitrogens with zero attached hydrogens (tertiary/aromatic N) is 2. The van der Waals surface area contributed by atoms with Gasteiger partial charge in [-0.15, -0.1) is 0 Å². The third-order valence-corrected chi connectivity index (χ3v) is 5.64. The lowest BCUT2D eigenvalue weighted by molar-refractivity contribution is -0.111. The van der Waals surface area contributed by atoms with E-state index in [1.807, 2.05) is 0 Å². The van der Waals surface area contributed by atoms with E-state index in [0.717, 1.165) is 0 Å². The maximum Gasteiger partial charge on any atom is 0.267 e. The van der Waals surface area contributed by atoms with Crippen molar-refractivity contribution in [1.82, 2.24) is 9.97 Å². The zero-order valence-electron chi connectivity index (χ0n) is 17.0. The summed E-state index contributed by atoms with van der Waals surface area (Å²) in [7, 11) is -1.87. The molecule has 2 heterocycles. The van der Waals surface area contributed by atoms with Gasteiger partial charge in [0.15, 0.2) is 5.75 Å². The second kappa shape index (κ2) is 8.55. The third kappa shape index (κ3) is 4.78. The molecule has 3 N–H and O–H groups in total. The minimum Gasteiger partial charge on any atom is -0.490 e. The van der Waals surface area contributed by atoms with Crippen molar-refractivity contribution in [3.8, 4) is 17.4 Å². The average Bonchev–Trinajstić information content (AvgIpc) is 3.07.